The van der Waals surface area contributed by atoms with Gasteiger partial charge in [0.1, 0.15) is 0 Å². The zero-order valence-electron chi connectivity index (χ0n) is 13.2. The van der Waals surface area contributed by atoms with Crippen molar-refractivity contribution in [3.05, 3.63) is 29.3 Å². The second kappa shape index (κ2) is 6.48. The lowest BCUT2D eigenvalue weighted by molar-refractivity contribution is -0.0917. The summed E-state index contributed by atoms with van der Waals surface area (Å²) in [7, 11) is 0. The second-order valence-electron chi connectivity index (χ2n) is 6.03. The van der Waals surface area contributed by atoms with Crippen LogP contribution in [0.1, 0.15) is 55.5 Å². The van der Waals surface area contributed by atoms with Gasteiger partial charge in [-0.1, -0.05) is 13.8 Å². The summed E-state index contributed by atoms with van der Waals surface area (Å²) < 4.78 is 5.95. The summed E-state index contributed by atoms with van der Waals surface area (Å²) in [5, 5.41) is 3.14. The molecule has 0 saturated carbocycles. The van der Waals surface area contributed by atoms with Crippen LogP contribution in [0.15, 0.2) is 18.2 Å². The number of rotatable bonds is 4. The second-order valence-corrected chi connectivity index (χ2v) is 6.03. The molecule has 21 heavy (non-hydrogen) atoms. The van der Waals surface area contributed by atoms with Crippen molar-refractivity contribution < 1.29 is 9.53 Å². The summed E-state index contributed by atoms with van der Waals surface area (Å²) in [6.07, 6.45) is 3.71. The number of nitrogens with two attached hydrogens (primary N) is 1. The highest BCUT2D eigenvalue weighted by Gasteiger charge is 2.35. The maximum absolute atomic E-state index is 12.4. The summed E-state index contributed by atoms with van der Waals surface area (Å²) in [6, 6.07) is 5.64. The Labute approximate surface area is 127 Å². The Balaban J connectivity index is 2.05. The topological polar surface area (TPSA) is 64.4 Å². The number of ether oxygens (including phenoxy) is 1. The third-order valence-electron chi connectivity index (χ3n) is 4.48. The lowest BCUT2D eigenvalue weighted by Crippen LogP contribution is -2.48. The van der Waals surface area contributed by atoms with Crippen LogP contribution in [0.25, 0.3) is 0 Å². The van der Waals surface area contributed by atoms with E-state index in [1.807, 2.05) is 19.1 Å². The molecule has 1 aromatic rings. The van der Waals surface area contributed by atoms with E-state index in [0.717, 1.165) is 31.2 Å². The first-order chi connectivity index (χ1) is 9.98. The van der Waals surface area contributed by atoms with Crippen LogP contribution in [0.3, 0.4) is 0 Å². The van der Waals surface area contributed by atoms with Crippen LogP contribution >= 0.6 is 0 Å². The van der Waals surface area contributed by atoms with Crippen LogP contribution in [-0.4, -0.2) is 24.2 Å². The Morgan fingerprint density at radius 2 is 2.10 bits per heavy atom. The lowest BCUT2D eigenvalue weighted by Gasteiger charge is -2.40. The molecule has 4 nitrogen and oxygen atoms in total. The van der Waals surface area contributed by atoms with Crippen molar-refractivity contribution in [2.75, 3.05) is 12.3 Å². The molecule has 1 aromatic carbocycles. The summed E-state index contributed by atoms with van der Waals surface area (Å²) in [6.45, 7) is 6.95. The molecule has 3 N–H and O–H groups in total. The summed E-state index contributed by atoms with van der Waals surface area (Å²) >= 11 is 0. The summed E-state index contributed by atoms with van der Waals surface area (Å²) in [5.74, 6) is -0.0431. The van der Waals surface area contributed by atoms with E-state index >= 15 is 0 Å². The first-order valence-electron chi connectivity index (χ1n) is 7.80. The van der Waals surface area contributed by atoms with Gasteiger partial charge >= 0.3 is 0 Å². The highest BCUT2D eigenvalue weighted by molar-refractivity contribution is 5.95. The monoisotopic (exact) mass is 290 g/mol. The average Bonchev–Trinajstić information content (AvgIpc) is 2.46. The van der Waals surface area contributed by atoms with Gasteiger partial charge in [-0.25, -0.2) is 0 Å². The van der Waals surface area contributed by atoms with E-state index in [4.69, 9.17) is 10.5 Å². The van der Waals surface area contributed by atoms with Gasteiger partial charge in [-0.2, -0.15) is 0 Å². The van der Waals surface area contributed by atoms with E-state index in [2.05, 4.69) is 19.2 Å². The fourth-order valence-corrected chi connectivity index (χ4v) is 3.11. The molecular weight excluding hydrogens is 264 g/mol. The van der Waals surface area contributed by atoms with Gasteiger partial charge in [0.2, 0.25) is 0 Å². The van der Waals surface area contributed by atoms with Gasteiger partial charge in [0.15, 0.2) is 0 Å². The fraction of sp³-hybridized carbons (Fsp3) is 0.588. The maximum atomic E-state index is 12.4. The van der Waals surface area contributed by atoms with Gasteiger partial charge in [-0.05, 0) is 56.4 Å². The molecule has 1 aliphatic heterocycles. The number of benzene rings is 1. The van der Waals surface area contributed by atoms with E-state index in [-0.39, 0.29) is 17.6 Å². The largest absolute Gasteiger partial charge is 0.399 e. The van der Waals surface area contributed by atoms with Gasteiger partial charge < -0.3 is 15.8 Å². The highest BCUT2D eigenvalue weighted by atomic mass is 16.5. The number of nitrogens with one attached hydrogen (secondary N) is 1. The van der Waals surface area contributed by atoms with Crippen LogP contribution in [0, 0.1) is 6.92 Å². The first-order valence-corrected chi connectivity index (χ1v) is 7.80. The molecule has 1 heterocycles. The van der Waals surface area contributed by atoms with Crippen molar-refractivity contribution in [2.24, 2.45) is 0 Å². The highest BCUT2D eigenvalue weighted by Crippen LogP contribution is 2.31. The molecular formula is C17H26N2O2. The van der Waals surface area contributed by atoms with E-state index in [1.165, 1.54) is 0 Å². The van der Waals surface area contributed by atoms with Gasteiger partial charge in [0.05, 0.1) is 5.60 Å². The van der Waals surface area contributed by atoms with Crippen molar-refractivity contribution in [1.82, 2.24) is 5.32 Å². The Bertz CT molecular complexity index is 489. The zero-order chi connectivity index (χ0) is 15.5. The number of carbonyl (C=O) groups is 1. The zero-order valence-corrected chi connectivity index (χ0v) is 13.2. The van der Waals surface area contributed by atoms with E-state index in [0.29, 0.717) is 17.9 Å². The Hall–Kier alpha value is -1.55. The van der Waals surface area contributed by atoms with Crippen molar-refractivity contribution >= 4 is 11.6 Å². The van der Waals surface area contributed by atoms with E-state index in [9.17, 15) is 4.79 Å². The number of aryl methyl sites for hydroxylation is 1. The van der Waals surface area contributed by atoms with Gasteiger partial charge in [0.25, 0.3) is 5.91 Å². The molecule has 1 saturated heterocycles. The van der Waals surface area contributed by atoms with Gasteiger partial charge in [-0.15, -0.1) is 0 Å². The Morgan fingerprint density at radius 3 is 2.71 bits per heavy atom. The molecule has 4 heteroatoms. The SMILES string of the molecule is CCC1(CC)CC(NC(=O)c2cc(C)cc(N)c2)CCO1. The lowest BCUT2D eigenvalue weighted by atomic mass is 9.86. The summed E-state index contributed by atoms with van der Waals surface area (Å²) in [5.41, 5.74) is 8.00. The van der Waals surface area contributed by atoms with Gasteiger partial charge in [0, 0.05) is 23.9 Å². The van der Waals surface area contributed by atoms with Crippen molar-refractivity contribution in [2.45, 2.75) is 58.1 Å². The third kappa shape index (κ3) is 3.76. The molecule has 1 unspecified atom stereocenters. The number of anilines is 1. The van der Waals surface area contributed by atoms with Crippen LogP contribution in [-0.2, 0) is 4.74 Å². The van der Waals surface area contributed by atoms with E-state index in [1.54, 1.807) is 6.07 Å². The van der Waals surface area contributed by atoms with Crippen LogP contribution in [0.2, 0.25) is 0 Å². The summed E-state index contributed by atoms with van der Waals surface area (Å²) in [4.78, 5) is 12.4. The maximum Gasteiger partial charge on any atom is 0.251 e. The number of nitrogen functional groups attached to an aromatic ring is 1. The van der Waals surface area contributed by atoms with E-state index < -0.39 is 0 Å². The molecule has 0 radical (unpaired) electrons. The molecule has 1 fully saturated rings. The minimum absolute atomic E-state index is 0.0431. The molecule has 1 atom stereocenters. The van der Waals surface area contributed by atoms with Crippen molar-refractivity contribution in [3.63, 3.8) is 0 Å². The van der Waals surface area contributed by atoms with Gasteiger partial charge in [-0.3, -0.25) is 4.79 Å². The number of hydrogen-bond acceptors (Lipinski definition) is 3. The first kappa shape index (κ1) is 15.8. The predicted octanol–water partition coefficient (Wildman–Crippen LogP) is 3.04. The van der Waals surface area contributed by atoms with Crippen LogP contribution in [0.4, 0.5) is 5.69 Å². The Kier molecular flexibility index (Phi) is 4.88. The fourth-order valence-electron chi connectivity index (χ4n) is 3.11. The third-order valence-corrected chi connectivity index (χ3v) is 4.48. The average molecular weight is 290 g/mol. The number of amides is 1. The van der Waals surface area contributed by atoms with Crippen LogP contribution in [0.5, 0.6) is 0 Å². The molecule has 0 bridgehead atoms. The molecule has 116 valence electrons. The normalized spacial score (nSPS) is 21.0. The molecule has 0 aliphatic carbocycles. The standard InChI is InChI=1S/C17H26N2O2/c1-4-17(5-2)11-15(6-7-21-17)19-16(20)13-8-12(3)9-14(18)10-13/h8-10,15H,4-7,11,18H2,1-3H3,(H,19,20). The number of carbonyl (C=O) groups excluding carboxylic acids is 1. The van der Waals surface area contributed by atoms with Crippen LogP contribution < -0.4 is 11.1 Å². The predicted molar refractivity (Wildman–Crippen MR) is 85.3 cm³/mol. The minimum atomic E-state index is -0.0815. The molecule has 1 amide bonds. The molecule has 0 aromatic heterocycles. The Morgan fingerprint density at radius 1 is 1.38 bits per heavy atom. The minimum Gasteiger partial charge on any atom is -0.399 e. The molecule has 0 spiro atoms. The quantitative estimate of drug-likeness (QED) is 0.838. The smallest absolute Gasteiger partial charge is 0.251 e. The number of hydrogen-bond donors (Lipinski definition) is 2. The van der Waals surface area contributed by atoms with Crippen molar-refractivity contribution in [3.8, 4) is 0 Å². The molecule has 1 aliphatic rings. The molecule has 2 rings (SSSR count). The van der Waals surface area contributed by atoms with Crippen molar-refractivity contribution in [1.29, 1.82) is 0 Å².